The third kappa shape index (κ3) is 3.40. The summed E-state index contributed by atoms with van der Waals surface area (Å²) in [6.07, 6.45) is 5.16. The van der Waals surface area contributed by atoms with Gasteiger partial charge in [0, 0.05) is 6.04 Å². The summed E-state index contributed by atoms with van der Waals surface area (Å²) in [5, 5.41) is 2.56. The van der Waals surface area contributed by atoms with Crippen LogP contribution >= 0.6 is 13.8 Å². The van der Waals surface area contributed by atoms with E-state index in [1.54, 1.807) is 0 Å². The molecule has 3 rings (SSSR count). The van der Waals surface area contributed by atoms with Crippen LogP contribution in [0.25, 0.3) is 0 Å². The fourth-order valence-corrected chi connectivity index (χ4v) is 8.97. The van der Waals surface area contributed by atoms with Crippen LogP contribution in [0.4, 0.5) is 0 Å². The Labute approximate surface area is 138 Å². The molecule has 2 atom stereocenters. The fraction of sp³-hybridized carbons (Fsp3) is 0.333. The number of hydrogen-bond acceptors (Lipinski definition) is 2. The first kappa shape index (κ1) is 16.1. The van der Waals surface area contributed by atoms with E-state index in [2.05, 4.69) is 48.5 Å². The molecular weight excluding hydrogens is 326 g/mol. The van der Waals surface area contributed by atoms with Gasteiger partial charge in [0.15, 0.2) is 5.66 Å². The van der Waals surface area contributed by atoms with Crippen LogP contribution in [0.15, 0.2) is 60.7 Å². The van der Waals surface area contributed by atoms with Crippen molar-refractivity contribution in [2.75, 3.05) is 12.3 Å². The molecule has 0 bridgehead atoms. The molecule has 1 nitrogen and oxygen atoms in total. The smallest absolute Gasteiger partial charge is 0.0876 e. The first-order valence-corrected chi connectivity index (χ1v) is 12.3. The van der Waals surface area contributed by atoms with Crippen LogP contribution < -0.4 is 10.6 Å². The molecular formula is C18H21OP2S+. The SMILES string of the molecule is O=[P+]1CCC[C@H]1CCP(=S)(c1ccccc1)c1ccccc1. The van der Waals surface area contributed by atoms with Crippen LogP contribution in [0.2, 0.25) is 0 Å². The van der Waals surface area contributed by atoms with Gasteiger partial charge < -0.3 is 0 Å². The molecule has 2 aromatic carbocycles. The second-order valence-electron chi connectivity index (χ2n) is 5.86. The van der Waals surface area contributed by atoms with Crippen molar-refractivity contribution >= 4 is 36.3 Å². The number of benzene rings is 2. The van der Waals surface area contributed by atoms with E-state index < -0.39 is 13.8 Å². The molecule has 0 N–H and O–H groups in total. The van der Waals surface area contributed by atoms with Gasteiger partial charge >= 0.3 is 7.80 Å². The molecule has 1 heterocycles. The maximum absolute atomic E-state index is 12.1. The fourth-order valence-electron chi connectivity index (χ4n) is 3.17. The van der Waals surface area contributed by atoms with Gasteiger partial charge in [0.1, 0.15) is 6.16 Å². The molecule has 22 heavy (non-hydrogen) atoms. The molecule has 1 fully saturated rings. The summed E-state index contributed by atoms with van der Waals surface area (Å²) in [5.41, 5.74) is 0.393. The Morgan fingerprint density at radius 3 is 2.00 bits per heavy atom. The van der Waals surface area contributed by atoms with Crippen molar-refractivity contribution in [1.29, 1.82) is 0 Å². The highest BCUT2D eigenvalue weighted by Crippen LogP contribution is 2.48. The molecule has 0 saturated carbocycles. The zero-order valence-corrected chi connectivity index (χ0v) is 15.2. The van der Waals surface area contributed by atoms with Crippen LogP contribution in [0, 0.1) is 0 Å². The minimum Gasteiger partial charge on any atom is -0.0876 e. The van der Waals surface area contributed by atoms with Gasteiger partial charge in [0.2, 0.25) is 0 Å². The lowest BCUT2D eigenvalue weighted by molar-refractivity contribution is 0.582. The van der Waals surface area contributed by atoms with E-state index in [0.717, 1.165) is 31.6 Å². The molecule has 4 heteroatoms. The maximum Gasteiger partial charge on any atom is 0.341 e. The molecule has 1 unspecified atom stereocenters. The van der Waals surface area contributed by atoms with Crippen molar-refractivity contribution in [2.45, 2.75) is 24.9 Å². The van der Waals surface area contributed by atoms with Gasteiger partial charge in [-0.3, -0.25) is 0 Å². The topological polar surface area (TPSA) is 17.1 Å². The minimum absolute atomic E-state index is 0.393. The highest BCUT2D eigenvalue weighted by molar-refractivity contribution is 8.21. The first-order chi connectivity index (χ1) is 10.7. The molecule has 0 amide bonds. The lowest BCUT2D eigenvalue weighted by Gasteiger charge is -2.23. The van der Waals surface area contributed by atoms with Gasteiger partial charge in [0.05, 0.1) is 0 Å². The summed E-state index contributed by atoms with van der Waals surface area (Å²) in [5.74, 6) is 0. The van der Waals surface area contributed by atoms with Gasteiger partial charge in [-0.1, -0.05) is 77.0 Å². The molecule has 114 valence electrons. The van der Waals surface area contributed by atoms with Gasteiger partial charge in [-0.2, -0.15) is 0 Å². The average Bonchev–Trinajstić information content (AvgIpc) is 2.99. The van der Waals surface area contributed by atoms with Crippen LogP contribution in [0.1, 0.15) is 19.3 Å². The molecule has 2 aromatic rings. The maximum atomic E-state index is 12.1. The van der Waals surface area contributed by atoms with Crippen molar-refractivity contribution in [3.8, 4) is 0 Å². The summed E-state index contributed by atoms with van der Waals surface area (Å²) in [6, 6.07) is 19.3. The Morgan fingerprint density at radius 2 is 1.55 bits per heavy atom. The number of hydrogen-bond donors (Lipinski definition) is 0. The normalized spacial score (nSPS) is 20.2. The van der Waals surface area contributed by atoms with Gasteiger partial charge in [0.25, 0.3) is 0 Å². The predicted molar refractivity (Wildman–Crippen MR) is 101 cm³/mol. The predicted octanol–water partition coefficient (Wildman–Crippen LogP) is 4.50. The summed E-state index contributed by atoms with van der Waals surface area (Å²) in [4.78, 5) is 0. The molecule has 0 aliphatic carbocycles. The van der Waals surface area contributed by atoms with E-state index in [9.17, 15) is 4.57 Å². The summed E-state index contributed by atoms with van der Waals surface area (Å²) in [7, 11) is -0.998. The van der Waals surface area contributed by atoms with Crippen LogP contribution in [-0.2, 0) is 16.4 Å². The molecule has 0 aromatic heterocycles. The third-order valence-corrected chi connectivity index (χ3v) is 11.5. The Morgan fingerprint density at radius 1 is 1.00 bits per heavy atom. The van der Waals surface area contributed by atoms with Crippen molar-refractivity contribution in [1.82, 2.24) is 0 Å². The lowest BCUT2D eigenvalue weighted by atomic mass is 10.2. The van der Waals surface area contributed by atoms with Crippen LogP contribution in [0.5, 0.6) is 0 Å². The highest BCUT2D eigenvalue weighted by atomic mass is 32.4. The van der Waals surface area contributed by atoms with Crippen LogP contribution in [-0.4, -0.2) is 18.0 Å². The average molecular weight is 347 g/mol. The molecule has 0 spiro atoms. The number of rotatable bonds is 5. The van der Waals surface area contributed by atoms with Crippen molar-refractivity contribution in [3.63, 3.8) is 0 Å². The third-order valence-electron chi connectivity index (χ3n) is 4.45. The van der Waals surface area contributed by atoms with E-state index in [-0.39, 0.29) is 0 Å². The van der Waals surface area contributed by atoms with E-state index in [1.807, 2.05) is 12.1 Å². The monoisotopic (exact) mass is 347 g/mol. The Bertz CT molecular complexity index is 641. The van der Waals surface area contributed by atoms with E-state index in [1.165, 1.54) is 10.6 Å². The zero-order valence-electron chi connectivity index (χ0n) is 12.6. The van der Waals surface area contributed by atoms with Crippen molar-refractivity contribution in [3.05, 3.63) is 60.7 Å². The quantitative estimate of drug-likeness (QED) is 0.741. The Kier molecular flexibility index (Phi) is 5.24. The minimum atomic E-state index is -1.80. The van der Waals surface area contributed by atoms with E-state index >= 15 is 0 Å². The first-order valence-electron chi connectivity index (χ1n) is 7.84. The second kappa shape index (κ2) is 7.18. The Hall–Kier alpha value is -0.810. The van der Waals surface area contributed by atoms with Crippen LogP contribution in [0.3, 0.4) is 0 Å². The lowest BCUT2D eigenvalue weighted by Crippen LogP contribution is -2.19. The van der Waals surface area contributed by atoms with Gasteiger partial charge in [-0.15, -0.1) is 0 Å². The summed E-state index contributed by atoms with van der Waals surface area (Å²) >= 11 is 6.22. The molecule has 1 aliphatic heterocycles. The molecule has 0 radical (unpaired) electrons. The summed E-state index contributed by atoms with van der Waals surface area (Å²) < 4.78 is 12.1. The van der Waals surface area contributed by atoms with Gasteiger partial charge in [-0.25, -0.2) is 0 Å². The second-order valence-corrected chi connectivity index (χ2v) is 12.7. The molecule has 1 saturated heterocycles. The molecule has 1 aliphatic rings. The Balaban J connectivity index is 1.90. The van der Waals surface area contributed by atoms with Gasteiger partial charge in [-0.05, 0) is 36.0 Å². The van der Waals surface area contributed by atoms with Crippen molar-refractivity contribution in [2.24, 2.45) is 0 Å². The summed E-state index contributed by atoms with van der Waals surface area (Å²) in [6.45, 7) is 0. The largest absolute Gasteiger partial charge is 0.341 e. The van der Waals surface area contributed by atoms with E-state index in [0.29, 0.717) is 5.66 Å². The highest BCUT2D eigenvalue weighted by Gasteiger charge is 2.37. The van der Waals surface area contributed by atoms with Crippen molar-refractivity contribution < 1.29 is 4.57 Å². The van der Waals surface area contributed by atoms with E-state index in [4.69, 9.17) is 11.8 Å². The zero-order chi connectivity index (χ0) is 15.4. The standard InChI is InChI=1S/C18H21OP2S/c19-20-14-7-8-16(20)13-15-21(22,17-9-3-1-4-10-17)18-11-5-2-6-12-18/h1-6,9-12,16H,7-8,13-15H2/q+1/t16-/m0/s1.